The van der Waals surface area contributed by atoms with Gasteiger partial charge < -0.3 is 15.5 Å². The van der Waals surface area contributed by atoms with Gasteiger partial charge in [0.2, 0.25) is 11.8 Å². The number of halogens is 1. The van der Waals surface area contributed by atoms with Crippen molar-refractivity contribution >= 4 is 33.4 Å². The highest BCUT2D eigenvalue weighted by atomic mass is 79.9. The number of carbonyl (C=O) groups excluding carboxylic acids is 2. The van der Waals surface area contributed by atoms with E-state index < -0.39 is 0 Å². The SMILES string of the molecule is CN(C)CC(=O)NC[C@H]1[C@H](C(=O)Nc2ccc(Br)cc2)[C@H]2C=C[C@H]1C21CC1. The second-order valence-corrected chi connectivity index (χ2v) is 9.31. The first-order valence-electron chi connectivity index (χ1n) is 9.57. The summed E-state index contributed by atoms with van der Waals surface area (Å²) in [5.74, 6) is 0.891. The average Bonchev–Trinajstić information content (AvgIpc) is 3.28. The first-order chi connectivity index (χ1) is 12.9. The van der Waals surface area contributed by atoms with Gasteiger partial charge in [0.15, 0.2) is 0 Å². The zero-order valence-corrected chi connectivity index (χ0v) is 17.3. The van der Waals surface area contributed by atoms with Crippen molar-refractivity contribution in [2.75, 3.05) is 32.5 Å². The van der Waals surface area contributed by atoms with Crippen LogP contribution < -0.4 is 10.6 Å². The van der Waals surface area contributed by atoms with Crippen molar-refractivity contribution in [2.45, 2.75) is 12.8 Å². The molecule has 0 radical (unpaired) electrons. The number of hydrogen-bond acceptors (Lipinski definition) is 3. The van der Waals surface area contributed by atoms with Crippen LogP contribution in [0.15, 0.2) is 40.9 Å². The number of rotatable bonds is 6. The van der Waals surface area contributed by atoms with Gasteiger partial charge in [-0.3, -0.25) is 9.59 Å². The molecule has 2 saturated carbocycles. The third-order valence-electron chi connectivity index (χ3n) is 6.40. The molecule has 2 N–H and O–H groups in total. The molecule has 4 atom stereocenters. The first-order valence-corrected chi connectivity index (χ1v) is 10.4. The molecule has 3 aliphatic rings. The van der Waals surface area contributed by atoms with E-state index in [0.717, 1.165) is 10.2 Å². The minimum absolute atomic E-state index is 0.0173. The Morgan fingerprint density at radius 1 is 1.15 bits per heavy atom. The number of allylic oxidation sites excluding steroid dienone is 2. The maximum Gasteiger partial charge on any atom is 0.234 e. The molecule has 2 bridgehead atoms. The monoisotopic (exact) mass is 431 g/mol. The molecule has 0 aromatic heterocycles. The van der Waals surface area contributed by atoms with E-state index in [1.807, 2.05) is 43.3 Å². The number of likely N-dealkylation sites (N-methyl/N-ethyl adjacent to an activating group) is 1. The Morgan fingerprint density at radius 2 is 1.81 bits per heavy atom. The summed E-state index contributed by atoms with van der Waals surface area (Å²) in [7, 11) is 3.76. The fourth-order valence-electron chi connectivity index (χ4n) is 5.14. The van der Waals surface area contributed by atoms with Crippen molar-refractivity contribution in [2.24, 2.45) is 29.1 Å². The van der Waals surface area contributed by atoms with Crippen molar-refractivity contribution in [1.29, 1.82) is 0 Å². The Kier molecular flexibility index (Phi) is 4.89. The number of amides is 2. The van der Waals surface area contributed by atoms with E-state index >= 15 is 0 Å². The zero-order chi connectivity index (χ0) is 19.2. The van der Waals surface area contributed by atoms with Gasteiger partial charge in [-0.25, -0.2) is 0 Å². The molecule has 144 valence electrons. The van der Waals surface area contributed by atoms with Crippen molar-refractivity contribution in [3.63, 3.8) is 0 Å². The quantitative estimate of drug-likeness (QED) is 0.680. The minimum atomic E-state index is -0.0780. The van der Waals surface area contributed by atoms with Crippen LogP contribution in [-0.4, -0.2) is 43.9 Å². The van der Waals surface area contributed by atoms with E-state index in [4.69, 9.17) is 0 Å². The predicted molar refractivity (Wildman–Crippen MR) is 109 cm³/mol. The maximum atomic E-state index is 13.2. The van der Waals surface area contributed by atoms with Gasteiger partial charge >= 0.3 is 0 Å². The number of carbonyl (C=O) groups is 2. The van der Waals surface area contributed by atoms with Crippen LogP contribution in [0.4, 0.5) is 5.69 Å². The summed E-state index contributed by atoms with van der Waals surface area (Å²) < 4.78 is 0.988. The summed E-state index contributed by atoms with van der Waals surface area (Å²) >= 11 is 3.42. The molecule has 2 amide bonds. The van der Waals surface area contributed by atoms with Gasteiger partial charge in [0.05, 0.1) is 12.5 Å². The zero-order valence-electron chi connectivity index (χ0n) is 15.7. The fourth-order valence-corrected chi connectivity index (χ4v) is 5.40. The van der Waals surface area contributed by atoms with Crippen molar-refractivity contribution in [3.05, 3.63) is 40.9 Å². The number of hydrogen-bond donors (Lipinski definition) is 2. The Hall–Kier alpha value is -1.66. The van der Waals surface area contributed by atoms with Gasteiger partial charge in [0.1, 0.15) is 0 Å². The lowest BCUT2D eigenvalue weighted by Crippen LogP contribution is -2.41. The minimum Gasteiger partial charge on any atom is -0.355 e. The number of nitrogens with one attached hydrogen (secondary N) is 2. The molecule has 0 saturated heterocycles. The lowest BCUT2D eigenvalue weighted by molar-refractivity contribution is -0.124. The van der Waals surface area contributed by atoms with Crippen LogP contribution in [-0.2, 0) is 9.59 Å². The van der Waals surface area contributed by atoms with E-state index in [1.54, 1.807) is 0 Å². The molecule has 6 heteroatoms. The highest BCUT2D eigenvalue weighted by Gasteiger charge is 2.68. The molecule has 3 aliphatic carbocycles. The number of anilines is 1. The molecular weight excluding hydrogens is 406 g/mol. The number of nitrogens with zero attached hydrogens (tertiary/aromatic N) is 1. The van der Waals surface area contributed by atoms with Crippen molar-refractivity contribution < 1.29 is 9.59 Å². The van der Waals surface area contributed by atoms with E-state index in [-0.39, 0.29) is 29.1 Å². The first kappa shape index (κ1) is 18.7. The van der Waals surface area contributed by atoms with Gasteiger partial charge in [-0.2, -0.15) is 0 Å². The summed E-state index contributed by atoms with van der Waals surface area (Å²) in [5.41, 5.74) is 1.09. The summed E-state index contributed by atoms with van der Waals surface area (Å²) in [5, 5.41) is 6.16. The van der Waals surface area contributed by atoms with Gasteiger partial charge in [-0.1, -0.05) is 28.1 Å². The smallest absolute Gasteiger partial charge is 0.234 e. The standard InChI is InChI=1S/C21H26BrN3O2/c1-25(2)12-18(26)23-11-15-16-7-8-17(21(16)9-10-21)19(15)20(27)24-14-5-3-13(22)4-6-14/h3-8,15-17,19H,9-12H2,1-2H3,(H,23,26)(H,24,27)/t15-,16-,17-,19+/m1/s1. The van der Waals surface area contributed by atoms with Crippen molar-refractivity contribution in [3.8, 4) is 0 Å². The molecule has 1 aromatic rings. The molecule has 5 nitrogen and oxygen atoms in total. The summed E-state index contributed by atoms with van der Waals surface area (Å²) in [4.78, 5) is 27.1. The van der Waals surface area contributed by atoms with E-state index in [2.05, 4.69) is 38.7 Å². The summed E-state index contributed by atoms with van der Waals surface area (Å²) in [6, 6.07) is 7.67. The normalized spacial score (nSPS) is 29.3. The van der Waals surface area contributed by atoms with Crippen molar-refractivity contribution in [1.82, 2.24) is 10.2 Å². The molecule has 0 unspecified atom stereocenters. The van der Waals surface area contributed by atoms with Gasteiger partial charge in [-0.05, 0) is 74.4 Å². The number of benzene rings is 1. The molecule has 4 rings (SSSR count). The molecule has 2 fully saturated rings. The second kappa shape index (κ2) is 7.06. The van der Waals surface area contributed by atoms with Crippen LogP contribution in [0.5, 0.6) is 0 Å². The van der Waals surface area contributed by atoms with E-state index in [9.17, 15) is 9.59 Å². The molecule has 0 heterocycles. The second-order valence-electron chi connectivity index (χ2n) is 8.40. The average molecular weight is 432 g/mol. The lowest BCUT2D eigenvalue weighted by Gasteiger charge is -2.27. The third kappa shape index (κ3) is 3.45. The molecule has 0 aliphatic heterocycles. The fraction of sp³-hybridized carbons (Fsp3) is 0.524. The Morgan fingerprint density at radius 3 is 2.44 bits per heavy atom. The van der Waals surface area contributed by atoms with Crippen LogP contribution in [0.1, 0.15) is 12.8 Å². The van der Waals surface area contributed by atoms with E-state index in [0.29, 0.717) is 24.9 Å². The third-order valence-corrected chi connectivity index (χ3v) is 6.93. The van der Waals surface area contributed by atoms with Gasteiger partial charge in [0, 0.05) is 16.7 Å². The van der Waals surface area contributed by atoms with Crippen LogP contribution in [0.2, 0.25) is 0 Å². The Labute approximate surface area is 168 Å². The molecular formula is C21H26BrN3O2. The van der Waals surface area contributed by atoms with E-state index in [1.165, 1.54) is 12.8 Å². The maximum absolute atomic E-state index is 13.2. The predicted octanol–water partition coefficient (Wildman–Crippen LogP) is 2.89. The molecule has 1 spiro atoms. The summed E-state index contributed by atoms with van der Waals surface area (Å²) in [6.45, 7) is 0.940. The lowest BCUT2D eigenvalue weighted by atomic mass is 9.82. The highest BCUT2D eigenvalue weighted by molar-refractivity contribution is 9.10. The van der Waals surface area contributed by atoms with Crippen LogP contribution >= 0.6 is 15.9 Å². The van der Waals surface area contributed by atoms with Gasteiger partial charge in [0.25, 0.3) is 0 Å². The summed E-state index contributed by atoms with van der Waals surface area (Å²) in [6.07, 6.45) is 6.94. The topological polar surface area (TPSA) is 61.4 Å². The molecule has 1 aromatic carbocycles. The Bertz CT molecular complexity index is 770. The largest absolute Gasteiger partial charge is 0.355 e. The van der Waals surface area contributed by atoms with Crippen LogP contribution in [0.25, 0.3) is 0 Å². The Balaban J connectivity index is 1.48. The highest BCUT2D eigenvalue weighted by Crippen LogP contribution is 2.71. The van der Waals surface area contributed by atoms with Crippen LogP contribution in [0.3, 0.4) is 0 Å². The van der Waals surface area contributed by atoms with Gasteiger partial charge in [-0.15, -0.1) is 0 Å². The molecule has 27 heavy (non-hydrogen) atoms. The van der Waals surface area contributed by atoms with Crippen LogP contribution in [0, 0.1) is 29.1 Å².